The second-order valence-electron chi connectivity index (χ2n) is 6.87. The summed E-state index contributed by atoms with van der Waals surface area (Å²) in [5.74, 6) is -0.106. The van der Waals surface area contributed by atoms with Gasteiger partial charge in [-0.3, -0.25) is 14.7 Å². The molecule has 27 heavy (non-hydrogen) atoms. The van der Waals surface area contributed by atoms with Gasteiger partial charge in [0.1, 0.15) is 0 Å². The first-order chi connectivity index (χ1) is 12.7. The van der Waals surface area contributed by atoms with E-state index in [4.69, 9.17) is 0 Å². The highest BCUT2D eigenvalue weighted by molar-refractivity contribution is 8.14. The molecule has 0 atom stereocenters. The Kier molecular flexibility index (Phi) is 5.33. The van der Waals surface area contributed by atoms with E-state index in [-0.39, 0.29) is 5.56 Å². The van der Waals surface area contributed by atoms with Gasteiger partial charge in [-0.2, -0.15) is 13.2 Å². The molecule has 0 N–H and O–H groups in total. The molecule has 0 aromatic heterocycles. The fraction of sp³-hybridized carbons (Fsp3) is 0.300. The number of amidine groups is 1. The number of hydrogen-bond acceptors (Lipinski definition) is 3. The average Bonchev–Trinajstić information content (AvgIpc) is 2.94. The summed E-state index contributed by atoms with van der Waals surface area (Å²) >= 11 is 1.39. The minimum absolute atomic E-state index is 0.354. The second-order valence-corrected chi connectivity index (χ2v) is 7.81. The van der Waals surface area contributed by atoms with E-state index in [9.17, 15) is 18.0 Å². The van der Waals surface area contributed by atoms with Gasteiger partial charge >= 0.3 is 6.18 Å². The predicted octanol–water partition coefficient (Wildman–Crippen LogP) is 5.23. The predicted molar refractivity (Wildman–Crippen MR) is 102 cm³/mol. The molecule has 1 heterocycles. The molecule has 2 aromatic rings. The Hall–Kier alpha value is -2.28. The molecule has 1 aliphatic rings. The van der Waals surface area contributed by atoms with Gasteiger partial charge in [-0.05, 0) is 31.5 Å². The van der Waals surface area contributed by atoms with Gasteiger partial charge in [0.15, 0.2) is 5.17 Å². The maximum Gasteiger partial charge on any atom is 0.417 e. The molecule has 0 bridgehead atoms. The van der Waals surface area contributed by atoms with Crippen LogP contribution in [0.5, 0.6) is 0 Å². The zero-order valence-electron chi connectivity index (χ0n) is 15.0. The number of carbonyl (C=O) groups excluding carboxylic acids is 1. The second kappa shape index (κ2) is 7.38. The van der Waals surface area contributed by atoms with Crippen LogP contribution in [-0.4, -0.2) is 27.3 Å². The third-order valence-corrected chi connectivity index (χ3v) is 5.68. The Balaban J connectivity index is 1.96. The summed E-state index contributed by atoms with van der Waals surface area (Å²) in [4.78, 5) is 19.0. The minimum atomic E-state index is -4.59. The molecule has 0 aliphatic carbocycles. The van der Waals surface area contributed by atoms with Crippen LogP contribution in [0.3, 0.4) is 0 Å². The van der Waals surface area contributed by atoms with Crippen LogP contribution in [0.2, 0.25) is 0 Å². The fourth-order valence-electron chi connectivity index (χ4n) is 2.89. The Morgan fingerprint density at radius 3 is 2.41 bits per heavy atom. The van der Waals surface area contributed by atoms with Crippen molar-refractivity contribution in [1.82, 2.24) is 4.90 Å². The Morgan fingerprint density at radius 1 is 1.11 bits per heavy atom. The molecule has 3 nitrogen and oxygen atoms in total. The van der Waals surface area contributed by atoms with Crippen molar-refractivity contribution in [3.05, 3.63) is 71.3 Å². The van der Waals surface area contributed by atoms with E-state index in [2.05, 4.69) is 4.99 Å². The molecule has 0 radical (unpaired) electrons. The number of amides is 1. The van der Waals surface area contributed by atoms with Crippen LogP contribution in [0.4, 0.5) is 13.2 Å². The van der Waals surface area contributed by atoms with Gasteiger partial charge in [0.05, 0.1) is 23.2 Å². The standard InChI is InChI=1S/C20H19F3N2OS/c1-19(2)13-27-18(24-12-14-8-4-3-5-9-14)25(19)17(26)15-10-6-7-11-16(15)20(21,22)23/h3-11H,12-13H2,1-2H3. The first kappa shape index (κ1) is 19.5. The summed E-state index contributed by atoms with van der Waals surface area (Å²) in [6, 6.07) is 14.4. The van der Waals surface area contributed by atoms with Crippen molar-refractivity contribution in [1.29, 1.82) is 0 Å². The smallest absolute Gasteiger partial charge is 0.281 e. The third-order valence-electron chi connectivity index (χ3n) is 4.26. The SMILES string of the molecule is CC1(C)CSC(=NCc2ccccc2)N1C(=O)c1ccccc1C(F)(F)F. The molecule has 0 spiro atoms. The highest BCUT2D eigenvalue weighted by Gasteiger charge is 2.44. The number of halogens is 3. The summed E-state index contributed by atoms with van der Waals surface area (Å²) in [7, 11) is 0. The van der Waals surface area contributed by atoms with Crippen LogP contribution in [0, 0.1) is 0 Å². The molecule has 1 aliphatic heterocycles. The van der Waals surface area contributed by atoms with Crippen molar-refractivity contribution >= 4 is 22.8 Å². The summed E-state index contributed by atoms with van der Waals surface area (Å²) in [6.07, 6.45) is -4.59. The fourth-order valence-corrected chi connectivity index (χ4v) is 4.11. The van der Waals surface area contributed by atoms with Crippen molar-refractivity contribution in [2.45, 2.75) is 32.1 Å². The highest BCUT2D eigenvalue weighted by Crippen LogP contribution is 2.37. The maximum absolute atomic E-state index is 13.3. The van der Waals surface area contributed by atoms with Gasteiger partial charge in [0.25, 0.3) is 5.91 Å². The Labute approximate surface area is 160 Å². The lowest BCUT2D eigenvalue weighted by Gasteiger charge is -2.31. The average molecular weight is 392 g/mol. The van der Waals surface area contributed by atoms with E-state index >= 15 is 0 Å². The molecule has 3 rings (SSSR count). The zero-order chi connectivity index (χ0) is 19.7. The van der Waals surface area contributed by atoms with E-state index in [1.165, 1.54) is 34.9 Å². The van der Waals surface area contributed by atoms with E-state index in [0.29, 0.717) is 17.5 Å². The number of carbonyl (C=O) groups is 1. The van der Waals surface area contributed by atoms with Crippen LogP contribution in [0.15, 0.2) is 59.6 Å². The lowest BCUT2D eigenvalue weighted by atomic mass is 10.0. The molecule has 1 amide bonds. The number of hydrogen-bond donors (Lipinski definition) is 0. The summed E-state index contributed by atoms with van der Waals surface area (Å²) in [6.45, 7) is 4.03. The molecule has 142 valence electrons. The number of nitrogens with zero attached hydrogens (tertiary/aromatic N) is 2. The van der Waals surface area contributed by atoms with E-state index in [1.807, 2.05) is 44.2 Å². The van der Waals surface area contributed by atoms with Crippen molar-refractivity contribution in [3.8, 4) is 0 Å². The molecule has 2 aromatic carbocycles. The van der Waals surface area contributed by atoms with E-state index < -0.39 is 23.2 Å². The lowest BCUT2D eigenvalue weighted by Crippen LogP contribution is -2.47. The highest BCUT2D eigenvalue weighted by atomic mass is 32.2. The van der Waals surface area contributed by atoms with Crippen molar-refractivity contribution in [3.63, 3.8) is 0 Å². The molecule has 0 saturated carbocycles. The van der Waals surface area contributed by atoms with Crippen molar-refractivity contribution < 1.29 is 18.0 Å². The number of rotatable bonds is 3. The normalized spacial score (nSPS) is 18.1. The maximum atomic E-state index is 13.3. The zero-order valence-corrected chi connectivity index (χ0v) is 15.8. The monoisotopic (exact) mass is 392 g/mol. The number of alkyl halides is 3. The lowest BCUT2D eigenvalue weighted by molar-refractivity contribution is -0.138. The first-order valence-corrected chi connectivity index (χ1v) is 9.41. The van der Waals surface area contributed by atoms with Gasteiger partial charge in [-0.1, -0.05) is 54.2 Å². The van der Waals surface area contributed by atoms with Crippen LogP contribution in [0.25, 0.3) is 0 Å². The molecular formula is C20H19F3N2OS. The van der Waals surface area contributed by atoms with Gasteiger partial charge < -0.3 is 0 Å². The summed E-state index contributed by atoms with van der Waals surface area (Å²) < 4.78 is 40.0. The topological polar surface area (TPSA) is 32.7 Å². The molecule has 0 unspecified atom stereocenters. The number of benzene rings is 2. The molecular weight excluding hydrogens is 373 g/mol. The number of thioether (sulfide) groups is 1. The van der Waals surface area contributed by atoms with Gasteiger partial charge in [-0.15, -0.1) is 0 Å². The first-order valence-electron chi connectivity index (χ1n) is 8.42. The summed E-state index contributed by atoms with van der Waals surface area (Å²) in [5.41, 5.74) is -0.938. The van der Waals surface area contributed by atoms with Crippen LogP contribution in [0.1, 0.15) is 35.3 Å². The van der Waals surface area contributed by atoms with E-state index in [0.717, 1.165) is 11.6 Å². The quantitative estimate of drug-likeness (QED) is 0.717. The minimum Gasteiger partial charge on any atom is -0.281 e. The van der Waals surface area contributed by atoms with E-state index in [1.54, 1.807) is 0 Å². The van der Waals surface area contributed by atoms with Crippen molar-refractivity contribution in [2.75, 3.05) is 5.75 Å². The largest absolute Gasteiger partial charge is 0.417 e. The number of aliphatic imine (C=N–C) groups is 1. The molecule has 1 saturated heterocycles. The third kappa shape index (κ3) is 4.18. The molecule has 7 heteroatoms. The van der Waals surface area contributed by atoms with Gasteiger partial charge in [-0.25, -0.2) is 0 Å². The Bertz CT molecular complexity index is 863. The van der Waals surface area contributed by atoms with Gasteiger partial charge in [0, 0.05) is 5.75 Å². The van der Waals surface area contributed by atoms with Crippen LogP contribution in [-0.2, 0) is 12.7 Å². The Morgan fingerprint density at radius 2 is 1.74 bits per heavy atom. The molecule has 1 fully saturated rings. The van der Waals surface area contributed by atoms with Crippen LogP contribution >= 0.6 is 11.8 Å². The summed E-state index contributed by atoms with van der Waals surface area (Å²) in [5, 5.41) is 0.450. The van der Waals surface area contributed by atoms with Crippen LogP contribution < -0.4 is 0 Å². The van der Waals surface area contributed by atoms with Crippen molar-refractivity contribution in [2.24, 2.45) is 4.99 Å². The van der Waals surface area contributed by atoms with Gasteiger partial charge in [0.2, 0.25) is 0 Å².